The number of rotatable bonds is 5. The Morgan fingerprint density at radius 3 is 2.88 bits per heavy atom. The van der Waals surface area contributed by atoms with Gasteiger partial charge in [0.25, 0.3) is 0 Å². The molecule has 0 fully saturated rings. The smallest absolute Gasteiger partial charge is 0.324 e. The summed E-state index contributed by atoms with van der Waals surface area (Å²) in [5.74, 6) is 0.853. The van der Waals surface area contributed by atoms with E-state index in [2.05, 4.69) is 5.32 Å². The summed E-state index contributed by atoms with van der Waals surface area (Å²) >= 11 is 1.19. The van der Waals surface area contributed by atoms with Gasteiger partial charge in [0.1, 0.15) is 5.76 Å². The van der Waals surface area contributed by atoms with E-state index in [-0.39, 0.29) is 9.92 Å². The first kappa shape index (κ1) is 10.8. The van der Waals surface area contributed by atoms with E-state index in [0.29, 0.717) is 13.1 Å². The van der Waals surface area contributed by atoms with Crippen LogP contribution in [-0.4, -0.2) is 4.92 Å². The van der Waals surface area contributed by atoms with Gasteiger partial charge in [-0.15, -0.1) is 0 Å². The van der Waals surface area contributed by atoms with Gasteiger partial charge in [-0.25, -0.2) is 0 Å². The Kier molecular flexibility index (Phi) is 3.33. The van der Waals surface area contributed by atoms with Crippen LogP contribution in [0.3, 0.4) is 0 Å². The van der Waals surface area contributed by atoms with Crippen molar-refractivity contribution < 1.29 is 9.34 Å². The van der Waals surface area contributed by atoms with Gasteiger partial charge in [0.2, 0.25) is 0 Å². The molecule has 0 aliphatic heterocycles. The Morgan fingerprint density at radius 2 is 2.25 bits per heavy atom. The van der Waals surface area contributed by atoms with Gasteiger partial charge < -0.3 is 9.73 Å². The number of nitrogens with zero attached hydrogens (tertiary/aromatic N) is 1. The lowest BCUT2D eigenvalue weighted by molar-refractivity contribution is -0.380. The van der Waals surface area contributed by atoms with Crippen molar-refractivity contribution in [3.05, 3.63) is 51.3 Å². The molecule has 0 saturated heterocycles. The zero-order valence-electron chi connectivity index (χ0n) is 8.38. The van der Waals surface area contributed by atoms with Crippen LogP contribution >= 0.6 is 11.3 Å². The molecule has 0 saturated carbocycles. The molecule has 5 nitrogen and oxygen atoms in total. The van der Waals surface area contributed by atoms with Gasteiger partial charge in [0.15, 0.2) is 0 Å². The minimum atomic E-state index is -0.374. The number of furan rings is 1. The maximum Gasteiger partial charge on any atom is 0.324 e. The van der Waals surface area contributed by atoms with Crippen molar-refractivity contribution in [2.75, 3.05) is 0 Å². The van der Waals surface area contributed by atoms with Gasteiger partial charge in [-0.3, -0.25) is 10.1 Å². The fourth-order valence-electron chi connectivity index (χ4n) is 1.28. The number of thiophene rings is 1. The summed E-state index contributed by atoms with van der Waals surface area (Å²) in [4.78, 5) is 11.0. The third-order valence-corrected chi connectivity index (χ3v) is 3.04. The van der Waals surface area contributed by atoms with Crippen molar-refractivity contribution in [3.8, 4) is 0 Å². The second kappa shape index (κ2) is 4.91. The van der Waals surface area contributed by atoms with Gasteiger partial charge in [0.05, 0.1) is 17.7 Å². The van der Waals surface area contributed by atoms with E-state index in [1.165, 1.54) is 17.4 Å². The molecule has 0 aromatic carbocycles. The van der Waals surface area contributed by atoms with Crippen molar-refractivity contribution in [2.24, 2.45) is 0 Å². The third-order valence-electron chi connectivity index (χ3n) is 2.01. The van der Waals surface area contributed by atoms with Crippen LogP contribution in [0.4, 0.5) is 5.00 Å². The van der Waals surface area contributed by atoms with E-state index in [1.807, 2.05) is 12.1 Å². The first-order valence-electron chi connectivity index (χ1n) is 4.72. The summed E-state index contributed by atoms with van der Waals surface area (Å²) in [5.41, 5.74) is 0. The standard InChI is InChI=1S/C10H10N2O3S/c13-12(14)10-4-3-9(16-10)7-11-6-8-2-1-5-15-8/h1-5,11H,6-7H2. The lowest BCUT2D eigenvalue weighted by Gasteiger charge is -1.98. The zero-order chi connectivity index (χ0) is 11.4. The molecule has 1 N–H and O–H groups in total. The molecule has 2 heterocycles. The van der Waals surface area contributed by atoms with E-state index in [4.69, 9.17) is 4.42 Å². The van der Waals surface area contributed by atoms with Crippen molar-refractivity contribution in [3.63, 3.8) is 0 Å². The number of nitrogens with one attached hydrogen (secondary N) is 1. The SMILES string of the molecule is O=[N+]([O-])c1ccc(CNCc2ccco2)s1. The molecule has 0 aliphatic rings. The zero-order valence-corrected chi connectivity index (χ0v) is 9.20. The molecule has 6 heteroatoms. The highest BCUT2D eigenvalue weighted by Gasteiger charge is 2.09. The number of hydrogen-bond donors (Lipinski definition) is 1. The monoisotopic (exact) mass is 238 g/mol. The number of hydrogen-bond acceptors (Lipinski definition) is 5. The molecule has 2 aromatic rings. The van der Waals surface area contributed by atoms with E-state index in [0.717, 1.165) is 10.6 Å². The van der Waals surface area contributed by atoms with E-state index in [1.54, 1.807) is 12.3 Å². The summed E-state index contributed by atoms with van der Waals surface area (Å²) in [6.45, 7) is 1.23. The minimum Gasteiger partial charge on any atom is -0.468 e. The molecule has 0 bridgehead atoms. The van der Waals surface area contributed by atoms with E-state index in [9.17, 15) is 10.1 Å². The topological polar surface area (TPSA) is 68.3 Å². The molecule has 0 radical (unpaired) electrons. The predicted molar refractivity (Wildman–Crippen MR) is 60.2 cm³/mol. The maximum absolute atomic E-state index is 10.5. The molecular weight excluding hydrogens is 228 g/mol. The highest BCUT2D eigenvalue weighted by atomic mass is 32.1. The summed E-state index contributed by atoms with van der Waals surface area (Å²) in [5, 5.41) is 13.8. The lowest BCUT2D eigenvalue weighted by Crippen LogP contribution is -2.10. The highest BCUT2D eigenvalue weighted by Crippen LogP contribution is 2.23. The largest absolute Gasteiger partial charge is 0.468 e. The molecule has 2 aromatic heterocycles. The van der Waals surface area contributed by atoms with Crippen LogP contribution in [0.2, 0.25) is 0 Å². The van der Waals surface area contributed by atoms with Crippen molar-refractivity contribution in [1.82, 2.24) is 5.32 Å². The molecule has 0 spiro atoms. The average molecular weight is 238 g/mol. The van der Waals surface area contributed by atoms with Crippen LogP contribution in [0.15, 0.2) is 34.9 Å². The van der Waals surface area contributed by atoms with Gasteiger partial charge >= 0.3 is 5.00 Å². The summed E-state index contributed by atoms with van der Waals surface area (Å²) in [6.07, 6.45) is 1.62. The van der Waals surface area contributed by atoms with Gasteiger partial charge in [-0.1, -0.05) is 11.3 Å². The normalized spacial score (nSPS) is 10.5. The lowest BCUT2D eigenvalue weighted by atomic mass is 10.4. The van der Waals surface area contributed by atoms with E-state index < -0.39 is 0 Å². The first-order valence-corrected chi connectivity index (χ1v) is 5.53. The summed E-state index contributed by atoms with van der Waals surface area (Å²) < 4.78 is 5.15. The second-order valence-corrected chi connectivity index (χ2v) is 4.33. The molecule has 0 amide bonds. The summed E-state index contributed by atoms with van der Waals surface area (Å²) in [6, 6.07) is 6.99. The van der Waals surface area contributed by atoms with Crippen molar-refractivity contribution in [2.45, 2.75) is 13.1 Å². The number of nitro groups is 1. The molecule has 0 atom stereocenters. The average Bonchev–Trinajstić information content (AvgIpc) is 2.87. The van der Waals surface area contributed by atoms with Crippen LogP contribution in [0, 0.1) is 10.1 Å². The molecule has 84 valence electrons. The molecule has 0 unspecified atom stereocenters. The van der Waals surface area contributed by atoms with Gasteiger partial charge in [0, 0.05) is 17.5 Å². The Bertz CT molecular complexity index is 464. The minimum absolute atomic E-state index is 0.176. The fraction of sp³-hybridized carbons (Fsp3) is 0.200. The predicted octanol–water partition coefficient (Wildman–Crippen LogP) is 2.54. The van der Waals surface area contributed by atoms with Gasteiger partial charge in [-0.2, -0.15) is 0 Å². The Balaban J connectivity index is 1.83. The third kappa shape index (κ3) is 2.68. The Labute approximate surface area is 95.9 Å². The Hall–Kier alpha value is -1.66. The van der Waals surface area contributed by atoms with Crippen molar-refractivity contribution >= 4 is 16.3 Å². The van der Waals surface area contributed by atoms with Crippen LogP contribution in [0.5, 0.6) is 0 Å². The highest BCUT2D eigenvalue weighted by molar-refractivity contribution is 7.15. The van der Waals surface area contributed by atoms with Crippen LogP contribution in [-0.2, 0) is 13.1 Å². The molecule has 0 aliphatic carbocycles. The summed E-state index contributed by atoms with van der Waals surface area (Å²) in [7, 11) is 0. The second-order valence-electron chi connectivity index (χ2n) is 3.18. The fourth-order valence-corrected chi connectivity index (χ4v) is 2.07. The van der Waals surface area contributed by atoms with Crippen molar-refractivity contribution in [1.29, 1.82) is 0 Å². The first-order chi connectivity index (χ1) is 7.75. The molecular formula is C10H10N2O3S. The Morgan fingerprint density at radius 1 is 1.38 bits per heavy atom. The quantitative estimate of drug-likeness (QED) is 0.642. The van der Waals surface area contributed by atoms with Crippen LogP contribution < -0.4 is 5.32 Å². The molecule has 2 rings (SSSR count). The molecule has 16 heavy (non-hydrogen) atoms. The van der Waals surface area contributed by atoms with Crippen LogP contribution in [0.1, 0.15) is 10.6 Å². The van der Waals surface area contributed by atoms with Gasteiger partial charge in [-0.05, 0) is 18.2 Å². The van der Waals surface area contributed by atoms with E-state index >= 15 is 0 Å². The maximum atomic E-state index is 10.5. The van der Waals surface area contributed by atoms with Crippen LogP contribution in [0.25, 0.3) is 0 Å².